The lowest BCUT2D eigenvalue weighted by molar-refractivity contribution is 0.102. The molecular formula is C13H8N4O2S3. The number of nitrogens with one attached hydrogen (secondary N) is 1. The maximum Gasteiger partial charge on any atom is 0.279 e. The van der Waals surface area contributed by atoms with Crippen LogP contribution in [0.5, 0.6) is 0 Å². The number of carbonyl (C=O) groups is 1. The molecule has 0 atom stereocenters. The van der Waals surface area contributed by atoms with Crippen molar-refractivity contribution >= 4 is 65.9 Å². The molecule has 0 spiro atoms. The first-order valence-electron chi connectivity index (χ1n) is 6.18. The van der Waals surface area contributed by atoms with Gasteiger partial charge in [-0.15, -0.1) is 11.3 Å². The van der Waals surface area contributed by atoms with E-state index >= 15 is 0 Å². The van der Waals surface area contributed by atoms with Crippen LogP contribution in [0.2, 0.25) is 0 Å². The number of thiazole rings is 2. The van der Waals surface area contributed by atoms with E-state index in [0.29, 0.717) is 5.13 Å². The number of carbonyl (C=O) groups excluding carboxylic acids is 1. The van der Waals surface area contributed by atoms with Gasteiger partial charge in [0, 0.05) is 0 Å². The highest BCUT2D eigenvalue weighted by Crippen LogP contribution is 2.38. The van der Waals surface area contributed by atoms with E-state index in [9.17, 15) is 4.79 Å². The number of thioether (sulfide) groups is 1. The van der Waals surface area contributed by atoms with Gasteiger partial charge in [-0.25, -0.2) is 15.0 Å². The second-order valence-electron chi connectivity index (χ2n) is 4.29. The zero-order valence-corrected chi connectivity index (χ0v) is 13.6. The van der Waals surface area contributed by atoms with Gasteiger partial charge in [0.2, 0.25) is 0 Å². The molecule has 0 saturated heterocycles. The molecule has 3 aromatic heterocycles. The Morgan fingerprint density at radius 3 is 2.73 bits per heavy atom. The molecule has 3 heterocycles. The van der Waals surface area contributed by atoms with Gasteiger partial charge < -0.3 is 4.42 Å². The van der Waals surface area contributed by atoms with Crippen molar-refractivity contribution in [2.24, 2.45) is 0 Å². The molecule has 4 aromatic rings. The maximum absolute atomic E-state index is 12.0. The van der Waals surface area contributed by atoms with Crippen molar-refractivity contribution in [3.63, 3.8) is 0 Å². The molecule has 0 fully saturated rings. The van der Waals surface area contributed by atoms with Crippen molar-refractivity contribution < 1.29 is 9.21 Å². The third-order valence-electron chi connectivity index (χ3n) is 2.95. The van der Waals surface area contributed by atoms with Crippen LogP contribution in [0.3, 0.4) is 0 Å². The molecule has 6 nitrogen and oxygen atoms in total. The highest BCUT2D eigenvalue weighted by Gasteiger charge is 2.15. The van der Waals surface area contributed by atoms with Crippen LogP contribution >= 0.6 is 34.4 Å². The summed E-state index contributed by atoms with van der Waals surface area (Å²) in [5, 5.41) is 3.28. The van der Waals surface area contributed by atoms with Crippen LogP contribution in [0.15, 0.2) is 33.5 Å². The van der Waals surface area contributed by atoms with Gasteiger partial charge in [-0.05, 0) is 18.4 Å². The van der Waals surface area contributed by atoms with Crippen molar-refractivity contribution in [2.75, 3.05) is 11.6 Å². The lowest BCUT2D eigenvalue weighted by atomic mass is 10.3. The molecular weight excluding hydrogens is 340 g/mol. The topological polar surface area (TPSA) is 80.9 Å². The third kappa shape index (κ3) is 2.27. The SMILES string of the molecule is CSc1nc2ccc3nc(NC(=O)c4cocn4)sc3c2s1. The number of hydrogen-bond acceptors (Lipinski definition) is 8. The summed E-state index contributed by atoms with van der Waals surface area (Å²) in [6.07, 6.45) is 4.53. The first-order chi connectivity index (χ1) is 10.7. The largest absolute Gasteiger partial charge is 0.451 e. The Morgan fingerprint density at radius 2 is 2.00 bits per heavy atom. The predicted octanol–water partition coefficient (Wildman–Crippen LogP) is 3.87. The number of nitrogens with zero attached hydrogens (tertiary/aromatic N) is 3. The molecule has 22 heavy (non-hydrogen) atoms. The Kier molecular flexibility index (Phi) is 3.32. The van der Waals surface area contributed by atoms with Gasteiger partial charge >= 0.3 is 0 Å². The van der Waals surface area contributed by atoms with Gasteiger partial charge in [-0.3, -0.25) is 10.1 Å². The fraction of sp³-hybridized carbons (Fsp3) is 0.0769. The maximum atomic E-state index is 12.0. The number of rotatable bonds is 3. The van der Waals surface area contributed by atoms with Gasteiger partial charge in [-0.2, -0.15) is 0 Å². The van der Waals surface area contributed by atoms with Crippen LogP contribution in [0.25, 0.3) is 20.4 Å². The second-order valence-corrected chi connectivity index (χ2v) is 7.34. The number of aromatic nitrogens is 3. The third-order valence-corrected chi connectivity index (χ3v) is 6.16. The van der Waals surface area contributed by atoms with E-state index < -0.39 is 0 Å². The lowest BCUT2D eigenvalue weighted by Crippen LogP contribution is -2.11. The number of benzene rings is 1. The average molecular weight is 348 g/mol. The molecule has 0 aliphatic carbocycles. The standard InChI is InChI=1S/C13H8N4O2S3/c1-20-13-16-7-3-2-6-9(10(7)22-13)21-12(15-6)17-11(18)8-4-19-5-14-8/h2-5H,1H3,(H,15,17,18). The summed E-state index contributed by atoms with van der Waals surface area (Å²) in [4.78, 5) is 24.8. The van der Waals surface area contributed by atoms with Crippen LogP contribution in [0.4, 0.5) is 5.13 Å². The van der Waals surface area contributed by atoms with Gasteiger partial charge in [0.15, 0.2) is 21.6 Å². The second kappa shape index (κ2) is 5.34. The van der Waals surface area contributed by atoms with Crippen LogP contribution in [0.1, 0.15) is 10.5 Å². The monoisotopic (exact) mass is 348 g/mol. The van der Waals surface area contributed by atoms with Gasteiger partial charge in [0.1, 0.15) is 6.26 Å². The molecule has 1 aromatic carbocycles. The Labute approximate surface area is 136 Å². The number of amides is 1. The zero-order chi connectivity index (χ0) is 15.1. The van der Waals surface area contributed by atoms with Crippen LogP contribution < -0.4 is 5.32 Å². The summed E-state index contributed by atoms with van der Waals surface area (Å²) < 4.78 is 7.96. The molecule has 0 unspecified atom stereocenters. The molecule has 1 N–H and O–H groups in total. The van der Waals surface area contributed by atoms with E-state index in [1.54, 1.807) is 23.1 Å². The molecule has 0 bridgehead atoms. The Bertz CT molecular complexity index is 974. The van der Waals surface area contributed by atoms with Crippen molar-refractivity contribution in [2.45, 2.75) is 4.34 Å². The van der Waals surface area contributed by atoms with Gasteiger partial charge in [0.05, 0.1) is 20.4 Å². The summed E-state index contributed by atoms with van der Waals surface area (Å²) in [6, 6.07) is 3.88. The fourth-order valence-corrected chi connectivity index (χ4v) is 4.63. The van der Waals surface area contributed by atoms with Crippen molar-refractivity contribution in [1.82, 2.24) is 15.0 Å². The first-order valence-corrected chi connectivity index (χ1v) is 9.04. The van der Waals surface area contributed by atoms with Gasteiger partial charge in [0.25, 0.3) is 5.91 Å². The number of oxazole rings is 1. The normalized spacial score (nSPS) is 11.3. The molecule has 0 aliphatic rings. The Hall–Kier alpha value is -1.97. The van der Waals surface area contributed by atoms with Gasteiger partial charge in [-0.1, -0.05) is 23.1 Å². The summed E-state index contributed by atoms with van der Waals surface area (Å²) in [5.41, 5.74) is 2.04. The van der Waals surface area contributed by atoms with E-state index in [1.807, 2.05) is 18.4 Å². The van der Waals surface area contributed by atoms with E-state index in [-0.39, 0.29) is 11.6 Å². The van der Waals surface area contributed by atoms with E-state index in [1.165, 1.54) is 24.0 Å². The first kappa shape index (κ1) is 13.7. The van der Waals surface area contributed by atoms with E-state index in [2.05, 4.69) is 20.3 Å². The molecule has 0 aliphatic heterocycles. The fourth-order valence-electron chi connectivity index (χ4n) is 1.98. The molecule has 0 saturated carbocycles. The van der Waals surface area contributed by atoms with E-state index in [4.69, 9.17) is 4.42 Å². The van der Waals surface area contributed by atoms with Crippen molar-refractivity contribution in [3.05, 3.63) is 30.5 Å². The minimum atomic E-state index is -0.335. The summed E-state index contributed by atoms with van der Waals surface area (Å²) >= 11 is 4.70. The van der Waals surface area contributed by atoms with Crippen LogP contribution in [0, 0.1) is 0 Å². The molecule has 4 rings (SSSR count). The zero-order valence-electron chi connectivity index (χ0n) is 11.2. The molecule has 1 amide bonds. The number of hydrogen-bond donors (Lipinski definition) is 1. The Balaban J connectivity index is 1.75. The molecule has 0 radical (unpaired) electrons. The molecule has 9 heteroatoms. The lowest BCUT2D eigenvalue weighted by Gasteiger charge is -1.95. The summed E-state index contributed by atoms with van der Waals surface area (Å²) in [5.74, 6) is -0.335. The van der Waals surface area contributed by atoms with Crippen LogP contribution in [-0.4, -0.2) is 27.1 Å². The number of anilines is 1. The predicted molar refractivity (Wildman–Crippen MR) is 89.0 cm³/mol. The smallest absolute Gasteiger partial charge is 0.279 e. The van der Waals surface area contributed by atoms with Crippen LogP contribution in [-0.2, 0) is 0 Å². The minimum absolute atomic E-state index is 0.229. The quantitative estimate of drug-likeness (QED) is 0.566. The van der Waals surface area contributed by atoms with E-state index in [0.717, 1.165) is 24.8 Å². The van der Waals surface area contributed by atoms with Crippen molar-refractivity contribution in [3.8, 4) is 0 Å². The highest BCUT2D eigenvalue weighted by atomic mass is 32.2. The molecule has 110 valence electrons. The highest BCUT2D eigenvalue weighted by molar-refractivity contribution is 8.00. The Morgan fingerprint density at radius 1 is 1.23 bits per heavy atom. The van der Waals surface area contributed by atoms with Crippen molar-refractivity contribution in [1.29, 1.82) is 0 Å². The summed E-state index contributed by atoms with van der Waals surface area (Å²) in [6.45, 7) is 0. The summed E-state index contributed by atoms with van der Waals surface area (Å²) in [7, 11) is 0. The average Bonchev–Trinajstić information content (AvgIpc) is 3.24. The number of fused-ring (bicyclic) bond motifs is 3. The minimum Gasteiger partial charge on any atom is -0.451 e.